The lowest BCUT2D eigenvalue weighted by Crippen LogP contribution is -2.38. The summed E-state index contributed by atoms with van der Waals surface area (Å²) in [6.45, 7) is 3.95. The zero-order chi connectivity index (χ0) is 15.9. The van der Waals surface area contributed by atoms with Gasteiger partial charge in [-0.3, -0.25) is 9.59 Å². The van der Waals surface area contributed by atoms with Gasteiger partial charge in [-0.1, -0.05) is 6.07 Å². The highest BCUT2D eigenvalue weighted by Gasteiger charge is 2.21. The van der Waals surface area contributed by atoms with Gasteiger partial charge in [0.1, 0.15) is 0 Å². The van der Waals surface area contributed by atoms with Crippen LogP contribution in [0.5, 0.6) is 0 Å². The predicted molar refractivity (Wildman–Crippen MR) is 98.6 cm³/mol. The molecule has 0 atom stereocenters. The number of anilines is 1. The molecule has 0 radical (unpaired) electrons. The van der Waals surface area contributed by atoms with Crippen LogP contribution in [0.3, 0.4) is 0 Å². The highest BCUT2D eigenvalue weighted by molar-refractivity contribution is 7.99. The Morgan fingerprint density at radius 1 is 1.30 bits per heavy atom. The van der Waals surface area contributed by atoms with Gasteiger partial charge in [0.25, 0.3) is 5.91 Å². The number of nitrogens with two attached hydrogens (primary N) is 1. The fourth-order valence-corrected chi connectivity index (χ4v) is 3.32. The third kappa shape index (κ3) is 5.41. The van der Waals surface area contributed by atoms with E-state index in [2.05, 4.69) is 5.32 Å². The van der Waals surface area contributed by atoms with Crippen LogP contribution in [0.4, 0.5) is 5.69 Å². The number of halogens is 1. The smallest absolute Gasteiger partial charge is 0.254 e. The second-order valence-corrected chi connectivity index (χ2v) is 6.55. The van der Waals surface area contributed by atoms with Crippen LogP contribution in [0.1, 0.15) is 28.8 Å². The van der Waals surface area contributed by atoms with E-state index in [9.17, 15) is 9.59 Å². The van der Waals surface area contributed by atoms with Crippen LogP contribution in [0.15, 0.2) is 18.2 Å². The molecule has 0 aromatic heterocycles. The van der Waals surface area contributed by atoms with E-state index >= 15 is 0 Å². The summed E-state index contributed by atoms with van der Waals surface area (Å²) in [6.07, 6.45) is 1.06. The fraction of sp³-hybridized carbons (Fsp3) is 0.500. The number of hydrogen-bond acceptors (Lipinski definition) is 4. The molecule has 0 saturated carbocycles. The van der Waals surface area contributed by atoms with Crippen molar-refractivity contribution in [1.29, 1.82) is 0 Å². The SMILES string of the molecule is Cc1c(NC(=O)CCCN)cccc1C(=O)N1CCSCC1.Cl. The first-order valence-electron chi connectivity index (χ1n) is 7.60. The van der Waals surface area contributed by atoms with E-state index in [0.29, 0.717) is 30.6 Å². The minimum Gasteiger partial charge on any atom is -0.337 e. The van der Waals surface area contributed by atoms with Crippen molar-refractivity contribution in [3.63, 3.8) is 0 Å². The van der Waals surface area contributed by atoms with Gasteiger partial charge in [0, 0.05) is 42.3 Å². The highest BCUT2D eigenvalue weighted by Crippen LogP contribution is 2.22. The summed E-state index contributed by atoms with van der Waals surface area (Å²) < 4.78 is 0. The van der Waals surface area contributed by atoms with E-state index in [1.807, 2.05) is 41.8 Å². The molecule has 1 aromatic carbocycles. The lowest BCUT2D eigenvalue weighted by Gasteiger charge is -2.27. The Balaban J connectivity index is 0.00000264. The average Bonchev–Trinajstić information content (AvgIpc) is 2.55. The van der Waals surface area contributed by atoms with Gasteiger partial charge in [0.2, 0.25) is 5.91 Å². The minimum absolute atomic E-state index is 0. The topological polar surface area (TPSA) is 75.4 Å². The van der Waals surface area contributed by atoms with Gasteiger partial charge in [-0.25, -0.2) is 0 Å². The molecule has 0 aliphatic carbocycles. The number of benzene rings is 1. The van der Waals surface area contributed by atoms with E-state index in [1.165, 1.54) is 0 Å². The standard InChI is InChI=1S/C16H23N3O2S.ClH/c1-12-13(16(21)19-8-10-22-11-9-19)4-2-5-14(12)18-15(20)6-3-7-17;/h2,4-5H,3,6-11,17H2,1H3,(H,18,20);1H. The summed E-state index contributed by atoms with van der Waals surface area (Å²) in [4.78, 5) is 26.3. The summed E-state index contributed by atoms with van der Waals surface area (Å²) in [5.41, 5.74) is 7.62. The zero-order valence-corrected chi connectivity index (χ0v) is 15.0. The number of rotatable bonds is 5. The quantitative estimate of drug-likeness (QED) is 0.847. The van der Waals surface area contributed by atoms with Crippen LogP contribution < -0.4 is 11.1 Å². The van der Waals surface area contributed by atoms with Gasteiger partial charge in [-0.2, -0.15) is 11.8 Å². The third-order valence-electron chi connectivity index (χ3n) is 3.74. The van der Waals surface area contributed by atoms with Crippen molar-refractivity contribution in [2.45, 2.75) is 19.8 Å². The molecule has 5 nitrogen and oxygen atoms in total. The fourth-order valence-electron chi connectivity index (χ4n) is 2.41. The molecule has 3 N–H and O–H groups in total. The van der Waals surface area contributed by atoms with E-state index < -0.39 is 0 Å². The molecule has 23 heavy (non-hydrogen) atoms. The van der Waals surface area contributed by atoms with Crippen LogP contribution in [0, 0.1) is 6.92 Å². The molecule has 2 amide bonds. The molecular weight excluding hydrogens is 334 g/mol. The summed E-state index contributed by atoms with van der Waals surface area (Å²) in [7, 11) is 0. The Kier molecular flexibility index (Phi) is 8.44. The number of carbonyl (C=O) groups is 2. The first-order valence-corrected chi connectivity index (χ1v) is 8.75. The normalized spacial score (nSPS) is 14.1. The first-order chi connectivity index (χ1) is 10.6. The summed E-state index contributed by atoms with van der Waals surface area (Å²) in [5, 5.41) is 2.87. The van der Waals surface area contributed by atoms with E-state index in [0.717, 1.165) is 30.2 Å². The van der Waals surface area contributed by atoms with Crippen LogP contribution in [-0.4, -0.2) is 47.9 Å². The van der Waals surface area contributed by atoms with E-state index in [1.54, 1.807) is 0 Å². The van der Waals surface area contributed by atoms with Crippen LogP contribution in [0.2, 0.25) is 0 Å². The van der Waals surface area contributed by atoms with E-state index in [4.69, 9.17) is 5.73 Å². The molecule has 1 aliphatic heterocycles. The average molecular weight is 358 g/mol. The minimum atomic E-state index is -0.0625. The monoisotopic (exact) mass is 357 g/mol. The predicted octanol–water partition coefficient (Wildman–Crippen LogP) is 2.28. The molecule has 0 spiro atoms. The Morgan fingerprint density at radius 3 is 2.65 bits per heavy atom. The maximum atomic E-state index is 12.6. The number of thioether (sulfide) groups is 1. The first kappa shape index (κ1) is 19.8. The number of nitrogens with one attached hydrogen (secondary N) is 1. The van der Waals surface area contributed by atoms with Crippen LogP contribution in [-0.2, 0) is 4.79 Å². The maximum Gasteiger partial charge on any atom is 0.254 e. The van der Waals surface area contributed by atoms with Crippen LogP contribution in [0.25, 0.3) is 0 Å². The molecule has 0 unspecified atom stereocenters. The summed E-state index contributed by atoms with van der Waals surface area (Å²) >= 11 is 1.87. The van der Waals surface area contributed by atoms with Gasteiger partial charge in [0.15, 0.2) is 0 Å². The molecule has 1 saturated heterocycles. The molecule has 2 rings (SSSR count). The summed E-state index contributed by atoms with van der Waals surface area (Å²) in [6, 6.07) is 5.48. The number of amides is 2. The van der Waals surface area contributed by atoms with E-state index in [-0.39, 0.29) is 24.2 Å². The largest absolute Gasteiger partial charge is 0.337 e. The van der Waals surface area contributed by atoms with Gasteiger partial charge in [-0.15, -0.1) is 12.4 Å². The molecular formula is C16H24ClN3O2S. The molecule has 0 bridgehead atoms. The third-order valence-corrected chi connectivity index (χ3v) is 4.69. The van der Waals surface area contributed by atoms with Crippen molar-refractivity contribution in [3.8, 4) is 0 Å². The maximum absolute atomic E-state index is 12.6. The Morgan fingerprint density at radius 2 is 2.00 bits per heavy atom. The second kappa shape index (κ2) is 9.80. The van der Waals surface area contributed by atoms with Crippen molar-refractivity contribution < 1.29 is 9.59 Å². The molecule has 1 aliphatic rings. The lowest BCUT2D eigenvalue weighted by molar-refractivity contribution is -0.116. The molecule has 1 aromatic rings. The number of hydrogen-bond donors (Lipinski definition) is 2. The molecule has 1 fully saturated rings. The number of nitrogens with zero attached hydrogens (tertiary/aromatic N) is 1. The van der Waals surface area contributed by atoms with Gasteiger partial charge in [-0.05, 0) is 37.6 Å². The van der Waals surface area contributed by atoms with Crippen molar-refractivity contribution in [1.82, 2.24) is 4.90 Å². The van der Waals surface area contributed by atoms with Gasteiger partial charge in [0.05, 0.1) is 0 Å². The van der Waals surface area contributed by atoms with Gasteiger partial charge < -0.3 is 16.0 Å². The van der Waals surface area contributed by atoms with Crippen molar-refractivity contribution in [2.75, 3.05) is 36.5 Å². The Bertz CT molecular complexity index is 548. The van der Waals surface area contributed by atoms with Gasteiger partial charge >= 0.3 is 0 Å². The molecule has 128 valence electrons. The Hall–Kier alpha value is -1.24. The lowest BCUT2D eigenvalue weighted by atomic mass is 10.0. The van der Waals surface area contributed by atoms with Crippen molar-refractivity contribution in [2.24, 2.45) is 5.73 Å². The van der Waals surface area contributed by atoms with Crippen molar-refractivity contribution >= 4 is 41.7 Å². The molecule has 1 heterocycles. The Labute approximate surface area is 147 Å². The molecule has 7 heteroatoms. The van der Waals surface area contributed by atoms with Crippen molar-refractivity contribution in [3.05, 3.63) is 29.3 Å². The summed E-state index contributed by atoms with van der Waals surface area (Å²) in [5.74, 6) is 1.96. The number of carbonyl (C=O) groups excluding carboxylic acids is 2. The highest BCUT2D eigenvalue weighted by atomic mass is 35.5. The second-order valence-electron chi connectivity index (χ2n) is 5.32. The van der Waals surface area contributed by atoms with Crippen LogP contribution >= 0.6 is 24.2 Å². The zero-order valence-electron chi connectivity index (χ0n) is 13.3.